The van der Waals surface area contributed by atoms with Crippen LogP contribution in [-0.4, -0.2) is 5.91 Å². The van der Waals surface area contributed by atoms with E-state index in [4.69, 9.17) is 5.73 Å². The summed E-state index contributed by atoms with van der Waals surface area (Å²) in [4.78, 5) is 10.2. The first-order valence-corrected chi connectivity index (χ1v) is 3.28. The lowest BCUT2D eigenvalue weighted by molar-refractivity contribution is -0.114. The van der Waals surface area contributed by atoms with Gasteiger partial charge in [0.15, 0.2) is 0 Å². The molecule has 1 aromatic rings. The van der Waals surface area contributed by atoms with Crippen molar-refractivity contribution in [3.8, 4) is 0 Å². The third kappa shape index (κ3) is 2.67. The van der Waals surface area contributed by atoms with Crippen molar-refractivity contribution in [1.29, 1.82) is 0 Å². The number of nitrogens with one attached hydrogen (secondary N) is 1. The standard InChI is InChI=1S/C9H8NO/c10-9(11)7-6-8-4-2-1-3-5-8/h1-7,10H/b7-6+. The smallest absolute Gasteiger partial charge is 0.262 e. The third-order valence-electron chi connectivity index (χ3n) is 1.23. The highest BCUT2D eigenvalue weighted by Crippen LogP contribution is 1.99. The van der Waals surface area contributed by atoms with Gasteiger partial charge in [-0.25, -0.2) is 0 Å². The highest BCUT2D eigenvalue weighted by molar-refractivity contribution is 5.89. The Bertz CT molecular complexity index is 264. The highest BCUT2D eigenvalue weighted by Gasteiger charge is 1.85. The molecule has 1 radical (unpaired) electrons. The van der Waals surface area contributed by atoms with Crippen LogP contribution < -0.4 is 5.73 Å². The maximum absolute atomic E-state index is 10.2. The summed E-state index contributed by atoms with van der Waals surface area (Å²) in [6, 6.07) is 9.42. The van der Waals surface area contributed by atoms with E-state index in [1.54, 1.807) is 6.08 Å². The fourth-order valence-corrected chi connectivity index (χ4v) is 0.736. The average Bonchev–Trinajstić information content (AvgIpc) is 2.03. The van der Waals surface area contributed by atoms with Gasteiger partial charge in [0.1, 0.15) is 0 Å². The first kappa shape index (κ1) is 7.54. The zero-order chi connectivity index (χ0) is 8.10. The van der Waals surface area contributed by atoms with Crippen molar-refractivity contribution in [2.24, 2.45) is 0 Å². The third-order valence-corrected chi connectivity index (χ3v) is 1.23. The Balaban J connectivity index is 2.72. The number of carbonyl (C=O) groups excluding carboxylic acids is 1. The number of hydrogen-bond donors (Lipinski definition) is 0. The molecular formula is C9H8NO. The van der Waals surface area contributed by atoms with E-state index in [-0.39, 0.29) is 0 Å². The maximum atomic E-state index is 10.2. The molecule has 0 saturated heterocycles. The van der Waals surface area contributed by atoms with Gasteiger partial charge in [-0.3, -0.25) is 10.5 Å². The van der Waals surface area contributed by atoms with Crippen molar-refractivity contribution < 1.29 is 4.79 Å². The molecule has 0 fully saturated rings. The minimum Gasteiger partial charge on any atom is -0.268 e. The Labute approximate surface area is 65.3 Å². The SMILES string of the molecule is [NH]C(=O)/C=C/c1ccccc1. The van der Waals surface area contributed by atoms with Crippen LogP contribution >= 0.6 is 0 Å². The van der Waals surface area contributed by atoms with E-state index < -0.39 is 5.91 Å². The van der Waals surface area contributed by atoms with Gasteiger partial charge in [-0.2, -0.15) is 0 Å². The van der Waals surface area contributed by atoms with E-state index in [0.29, 0.717) is 0 Å². The van der Waals surface area contributed by atoms with E-state index in [1.807, 2.05) is 30.3 Å². The molecule has 1 amide bonds. The van der Waals surface area contributed by atoms with Crippen molar-refractivity contribution in [3.05, 3.63) is 42.0 Å². The van der Waals surface area contributed by atoms with Gasteiger partial charge < -0.3 is 0 Å². The highest BCUT2D eigenvalue weighted by atomic mass is 16.1. The van der Waals surface area contributed by atoms with Gasteiger partial charge in [0.25, 0.3) is 5.91 Å². The molecule has 11 heavy (non-hydrogen) atoms. The Hall–Kier alpha value is -1.57. The van der Waals surface area contributed by atoms with E-state index in [1.165, 1.54) is 6.08 Å². The van der Waals surface area contributed by atoms with Gasteiger partial charge in [-0.1, -0.05) is 30.3 Å². The Morgan fingerprint density at radius 3 is 2.45 bits per heavy atom. The second-order valence-corrected chi connectivity index (χ2v) is 2.11. The molecule has 0 spiro atoms. The normalized spacial score (nSPS) is 10.2. The van der Waals surface area contributed by atoms with Crippen LogP contribution in [0.3, 0.4) is 0 Å². The lowest BCUT2D eigenvalue weighted by atomic mass is 10.2. The summed E-state index contributed by atoms with van der Waals surface area (Å²) in [6.07, 6.45) is 2.85. The molecule has 1 rings (SSSR count). The summed E-state index contributed by atoms with van der Waals surface area (Å²) < 4.78 is 0. The van der Waals surface area contributed by atoms with E-state index >= 15 is 0 Å². The van der Waals surface area contributed by atoms with Gasteiger partial charge in [-0.15, -0.1) is 0 Å². The van der Waals surface area contributed by atoms with Gasteiger partial charge in [-0.05, 0) is 11.6 Å². The fraction of sp³-hybridized carbons (Fsp3) is 0. The molecule has 0 saturated carbocycles. The van der Waals surface area contributed by atoms with Crippen LogP contribution in [0.15, 0.2) is 36.4 Å². The molecule has 0 unspecified atom stereocenters. The van der Waals surface area contributed by atoms with Crippen LogP contribution in [0.5, 0.6) is 0 Å². The molecule has 1 N–H and O–H groups in total. The van der Waals surface area contributed by atoms with Crippen LogP contribution in [0.25, 0.3) is 6.08 Å². The van der Waals surface area contributed by atoms with E-state index in [0.717, 1.165) is 5.56 Å². The Morgan fingerprint density at radius 1 is 1.27 bits per heavy atom. The van der Waals surface area contributed by atoms with Crippen LogP contribution in [0.1, 0.15) is 5.56 Å². The largest absolute Gasteiger partial charge is 0.268 e. The van der Waals surface area contributed by atoms with Crippen molar-refractivity contribution in [2.45, 2.75) is 0 Å². The predicted octanol–water partition coefficient (Wildman–Crippen LogP) is 1.51. The van der Waals surface area contributed by atoms with E-state index in [2.05, 4.69) is 0 Å². The summed E-state index contributed by atoms with van der Waals surface area (Å²) in [5.74, 6) is -0.672. The number of carbonyl (C=O) groups is 1. The zero-order valence-electron chi connectivity index (χ0n) is 5.95. The van der Waals surface area contributed by atoms with Crippen LogP contribution in [0.4, 0.5) is 0 Å². The lowest BCUT2D eigenvalue weighted by Crippen LogP contribution is -1.88. The predicted molar refractivity (Wildman–Crippen MR) is 43.6 cm³/mol. The summed E-state index contributed by atoms with van der Waals surface area (Å²) in [5.41, 5.74) is 7.54. The molecule has 55 valence electrons. The second kappa shape index (κ2) is 3.56. The molecule has 0 aliphatic rings. The Morgan fingerprint density at radius 2 is 1.91 bits per heavy atom. The van der Waals surface area contributed by atoms with Crippen molar-refractivity contribution >= 4 is 12.0 Å². The number of rotatable bonds is 2. The van der Waals surface area contributed by atoms with Gasteiger partial charge in [0.05, 0.1) is 0 Å². The molecule has 0 aromatic heterocycles. The molecule has 0 bridgehead atoms. The van der Waals surface area contributed by atoms with E-state index in [9.17, 15) is 4.79 Å². The molecule has 0 aliphatic heterocycles. The molecular weight excluding hydrogens is 138 g/mol. The van der Waals surface area contributed by atoms with Crippen LogP contribution in [0.2, 0.25) is 0 Å². The molecule has 0 atom stereocenters. The van der Waals surface area contributed by atoms with Crippen LogP contribution in [0, 0.1) is 0 Å². The van der Waals surface area contributed by atoms with Crippen molar-refractivity contribution in [2.75, 3.05) is 0 Å². The van der Waals surface area contributed by atoms with Gasteiger partial charge in [0, 0.05) is 6.08 Å². The fourth-order valence-electron chi connectivity index (χ4n) is 0.736. The summed E-state index contributed by atoms with van der Waals surface area (Å²) in [6.45, 7) is 0. The summed E-state index contributed by atoms with van der Waals surface area (Å²) in [5, 5.41) is 0. The molecule has 2 nitrogen and oxygen atoms in total. The minimum atomic E-state index is -0.672. The molecule has 2 heteroatoms. The zero-order valence-corrected chi connectivity index (χ0v) is 5.95. The molecule has 1 aromatic carbocycles. The first-order valence-electron chi connectivity index (χ1n) is 3.28. The molecule has 0 aliphatic carbocycles. The monoisotopic (exact) mass is 146 g/mol. The number of amides is 1. The van der Waals surface area contributed by atoms with Crippen molar-refractivity contribution in [3.63, 3.8) is 0 Å². The molecule has 0 heterocycles. The lowest BCUT2D eigenvalue weighted by Gasteiger charge is -1.87. The second-order valence-electron chi connectivity index (χ2n) is 2.11. The Kier molecular flexibility index (Phi) is 2.44. The summed E-state index contributed by atoms with van der Waals surface area (Å²) in [7, 11) is 0. The quantitative estimate of drug-likeness (QED) is 0.583. The van der Waals surface area contributed by atoms with Crippen LogP contribution in [-0.2, 0) is 4.79 Å². The number of benzene rings is 1. The van der Waals surface area contributed by atoms with Gasteiger partial charge >= 0.3 is 0 Å². The summed E-state index contributed by atoms with van der Waals surface area (Å²) >= 11 is 0. The first-order chi connectivity index (χ1) is 5.29. The topological polar surface area (TPSA) is 40.9 Å². The maximum Gasteiger partial charge on any atom is 0.262 e. The van der Waals surface area contributed by atoms with Crippen molar-refractivity contribution in [1.82, 2.24) is 5.73 Å². The van der Waals surface area contributed by atoms with Gasteiger partial charge in [0.2, 0.25) is 0 Å². The minimum absolute atomic E-state index is 0.672. The average molecular weight is 146 g/mol. The number of hydrogen-bond acceptors (Lipinski definition) is 1.